The molecule has 0 atom stereocenters. The Morgan fingerprint density at radius 2 is 1.21 bits per heavy atom. The molecule has 0 aliphatic carbocycles. The quantitative estimate of drug-likeness (QED) is 0.152. The first-order chi connectivity index (χ1) is 20.3. The van der Waals surface area contributed by atoms with E-state index in [9.17, 15) is 9.59 Å². The zero-order valence-corrected chi connectivity index (χ0v) is 23.8. The SMILES string of the molecule is CC1=CC(C)(C)N(C(=O)COc2ccc3ccccc3c2)c2ccc(OC(=O)COc3ccc4ccccc4c3)cc21. The maximum Gasteiger partial charge on any atom is 0.349 e. The maximum atomic E-state index is 13.6. The second-order valence-corrected chi connectivity index (χ2v) is 11.0. The fraction of sp³-hybridized carbons (Fsp3) is 0.167. The Kier molecular flexibility index (Phi) is 7.13. The van der Waals surface area contributed by atoms with E-state index in [0.717, 1.165) is 38.4 Å². The van der Waals surface area contributed by atoms with E-state index >= 15 is 0 Å². The van der Waals surface area contributed by atoms with E-state index < -0.39 is 11.5 Å². The fourth-order valence-corrected chi connectivity index (χ4v) is 5.55. The van der Waals surface area contributed by atoms with E-state index in [2.05, 4.69) is 0 Å². The van der Waals surface area contributed by atoms with Gasteiger partial charge in [-0.2, -0.15) is 0 Å². The van der Waals surface area contributed by atoms with Gasteiger partial charge in [-0.05, 0) is 90.4 Å². The summed E-state index contributed by atoms with van der Waals surface area (Å²) in [6.07, 6.45) is 2.04. The molecular formula is C36H31NO5. The van der Waals surface area contributed by atoms with Gasteiger partial charge in [-0.15, -0.1) is 0 Å². The van der Waals surface area contributed by atoms with Gasteiger partial charge in [-0.25, -0.2) is 4.79 Å². The summed E-state index contributed by atoms with van der Waals surface area (Å²) in [5.74, 6) is 0.923. The average Bonchev–Trinajstić information content (AvgIpc) is 2.98. The van der Waals surface area contributed by atoms with Gasteiger partial charge in [0.15, 0.2) is 13.2 Å². The number of anilines is 1. The topological polar surface area (TPSA) is 65.1 Å². The lowest BCUT2D eigenvalue weighted by molar-refractivity contribution is -0.136. The third-order valence-corrected chi connectivity index (χ3v) is 7.42. The highest BCUT2D eigenvalue weighted by Gasteiger charge is 2.36. The van der Waals surface area contributed by atoms with Gasteiger partial charge in [-0.3, -0.25) is 9.69 Å². The lowest BCUT2D eigenvalue weighted by Crippen LogP contribution is -2.50. The van der Waals surface area contributed by atoms with Gasteiger partial charge >= 0.3 is 5.97 Å². The summed E-state index contributed by atoms with van der Waals surface area (Å²) in [7, 11) is 0. The average molecular weight is 558 g/mol. The third kappa shape index (κ3) is 5.56. The van der Waals surface area contributed by atoms with Crippen LogP contribution in [-0.2, 0) is 9.59 Å². The normalized spacial score (nSPS) is 13.8. The molecule has 1 aliphatic rings. The molecule has 0 bridgehead atoms. The van der Waals surface area contributed by atoms with E-state index in [1.165, 1.54) is 0 Å². The summed E-state index contributed by atoms with van der Waals surface area (Å²) < 4.78 is 17.2. The Balaban J connectivity index is 1.14. The van der Waals surface area contributed by atoms with Crippen LogP contribution >= 0.6 is 0 Å². The van der Waals surface area contributed by atoms with Crippen molar-refractivity contribution in [2.75, 3.05) is 18.1 Å². The smallest absolute Gasteiger partial charge is 0.349 e. The van der Waals surface area contributed by atoms with Crippen LogP contribution in [-0.4, -0.2) is 30.6 Å². The predicted molar refractivity (Wildman–Crippen MR) is 166 cm³/mol. The Hall–Kier alpha value is -5.10. The van der Waals surface area contributed by atoms with Crippen LogP contribution in [0.5, 0.6) is 17.2 Å². The minimum Gasteiger partial charge on any atom is -0.484 e. The van der Waals surface area contributed by atoms with Crippen LogP contribution in [0, 0.1) is 0 Å². The van der Waals surface area contributed by atoms with Crippen LogP contribution in [0.3, 0.4) is 0 Å². The van der Waals surface area contributed by atoms with E-state index in [4.69, 9.17) is 14.2 Å². The van der Waals surface area contributed by atoms with Gasteiger partial charge in [0.05, 0.1) is 11.2 Å². The van der Waals surface area contributed by atoms with Gasteiger partial charge < -0.3 is 14.2 Å². The van der Waals surface area contributed by atoms with Crippen LogP contribution in [0.1, 0.15) is 26.3 Å². The van der Waals surface area contributed by atoms with Gasteiger partial charge in [0.1, 0.15) is 17.2 Å². The van der Waals surface area contributed by atoms with Crippen molar-refractivity contribution < 1.29 is 23.8 Å². The molecule has 6 nitrogen and oxygen atoms in total. The lowest BCUT2D eigenvalue weighted by Gasteiger charge is -2.41. The number of carbonyl (C=O) groups excluding carboxylic acids is 2. The molecule has 42 heavy (non-hydrogen) atoms. The summed E-state index contributed by atoms with van der Waals surface area (Å²) in [6.45, 7) is 5.63. The molecule has 1 heterocycles. The highest BCUT2D eigenvalue weighted by Crippen LogP contribution is 2.40. The molecule has 0 radical (unpaired) electrons. The first kappa shape index (κ1) is 27.1. The number of fused-ring (bicyclic) bond motifs is 3. The summed E-state index contributed by atoms with van der Waals surface area (Å²) in [6, 6.07) is 32.7. The molecule has 0 N–H and O–H groups in total. The second-order valence-electron chi connectivity index (χ2n) is 11.0. The molecule has 210 valence electrons. The fourth-order valence-electron chi connectivity index (χ4n) is 5.55. The molecule has 0 saturated carbocycles. The van der Waals surface area contributed by atoms with Crippen molar-refractivity contribution in [2.24, 2.45) is 0 Å². The molecule has 0 saturated heterocycles. The van der Waals surface area contributed by atoms with E-state index in [1.807, 2.05) is 118 Å². The number of allylic oxidation sites excluding steroid dienone is 1. The molecule has 5 aromatic rings. The number of nitrogens with zero attached hydrogens (tertiary/aromatic N) is 1. The highest BCUT2D eigenvalue weighted by atomic mass is 16.6. The summed E-state index contributed by atoms with van der Waals surface area (Å²) >= 11 is 0. The third-order valence-electron chi connectivity index (χ3n) is 7.42. The molecule has 1 aliphatic heterocycles. The van der Waals surface area contributed by atoms with Gasteiger partial charge in [0.25, 0.3) is 5.91 Å². The van der Waals surface area contributed by atoms with Crippen LogP contribution in [0.15, 0.2) is 109 Å². The number of benzene rings is 5. The van der Waals surface area contributed by atoms with Crippen molar-refractivity contribution in [3.8, 4) is 17.2 Å². The summed E-state index contributed by atoms with van der Waals surface area (Å²) in [4.78, 5) is 27.9. The number of esters is 1. The maximum absolute atomic E-state index is 13.6. The molecule has 5 aromatic carbocycles. The molecule has 0 spiro atoms. The molecule has 1 amide bonds. The molecule has 6 heteroatoms. The van der Waals surface area contributed by atoms with Gasteiger partial charge in [0, 0.05) is 5.56 Å². The van der Waals surface area contributed by atoms with Gasteiger partial charge in [-0.1, -0.05) is 66.7 Å². The predicted octanol–water partition coefficient (Wildman–Crippen LogP) is 7.58. The van der Waals surface area contributed by atoms with Crippen LogP contribution < -0.4 is 19.1 Å². The zero-order chi connectivity index (χ0) is 29.3. The van der Waals surface area contributed by atoms with E-state index in [1.54, 1.807) is 17.0 Å². The number of rotatable bonds is 7. The molecular weight excluding hydrogens is 526 g/mol. The molecule has 0 unspecified atom stereocenters. The molecule has 6 rings (SSSR count). The number of amides is 1. The van der Waals surface area contributed by atoms with E-state index in [-0.39, 0.29) is 19.1 Å². The molecule has 0 aromatic heterocycles. The minimum atomic E-state index is -0.577. The van der Waals surface area contributed by atoms with Crippen molar-refractivity contribution in [1.29, 1.82) is 0 Å². The Bertz CT molecular complexity index is 1860. The number of hydrogen-bond donors (Lipinski definition) is 0. The van der Waals surface area contributed by atoms with Crippen LogP contribution in [0.25, 0.3) is 27.1 Å². The first-order valence-electron chi connectivity index (χ1n) is 13.9. The second kappa shape index (κ2) is 11.1. The van der Waals surface area contributed by atoms with Crippen LogP contribution in [0.4, 0.5) is 5.69 Å². The monoisotopic (exact) mass is 557 g/mol. The number of ether oxygens (including phenoxy) is 3. The van der Waals surface area contributed by atoms with Gasteiger partial charge in [0.2, 0.25) is 0 Å². The Morgan fingerprint density at radius 1 is 0.667 bits per heavy atom. The summed E-state index contributed by atoms with van der Waals surface area (Å²) in [5.41, 5.74) is 1.96. The Labute approximate surface area is 244 Å². The van der Waals surface area contributed by atoms with Crippen molar-refractivity contribution in [2.45, 2.75) is 26.3 Å². The summed E-state index contributed by atoms with van der Waals surface area (Å²) in [5, 5.41) is 4.29. The first-order valence-corrected chi connectivity index (χ1v) is 13.9. The van der Waals surface area contributed by atoms with Crippen molar-refractivity contribution in [1.82, 2.24) is 0 Å². The number of carbonyl (C=O) groups is 2. The van der Waals surface area contributed by atoms with E-state index in [0.29, 0.717) is 17.2 Å². The highest BCUT2D eigenvalue weighted by molar-refractivity contribution is 6.01. The number of hydrogen-bond acceptors (Lipinski definition) is 5. The minimum absolute atomic E-state index is 0.114. The Morgan fingerprint density at radius 3 is 1.83 bits per heavy atom. The van der Waals surface area contributed by atoms with Crippen molar-refractivity contribution in [3.05, 3.63) is 115 Å². The lowest BCUT2D eigenvalue weighted by atomic mass is 9.88. The zero-order valence-electron chi connectivity index (χ0n) is 23.8. The van der Waals surface area contributed by atoms with Crippen molar-refractivity contribution >= 4 is 44.7 Å². The molecule has 0 fully saturated rings. The largest absolute Gasteiger partial charge is 0.484 e. The van der Waals surface area contributed by atoms with Crippen molar-refractivity contribution in [3.63, 3.8) is 0 Å². The standard InChI is InChI=1S/C36H31NO5/c1-24-21-36(2,3)37(34(38)22-40-29-14-12-25-8-4-6-10-27(25)18-29)33-17-16-31(20-32(24)33)42-35(39)23-41-30-15-13-26-9-5-7-11-28(26)19-30/h4-21H,22-23H2,1-3H3. The van der Waals surface area contributed by atoms with Crippen LogP contribution in [0.2, 0.25) is 0 Å².